The van der Waals surface area contributed by atoms with Crippen LogP contribution < -0.4 is 5.11 Å². The molecular weight excluding hydrogens is 983 g/mol. The van der Waals surface area contributed by atoms with Crippen LogP contribution in [0, 0.1) is 0 Å². The molecule has 0 radical (unpaired) electrons. The highest BCUT2D eigenvalue weighted by Gasteiger charge is 2.22. The maximum atomic E-state index is 12.9. The zero-order chi connectivity index (χ0) is 57.6. The molecule has 2 atom stereocenters. The lowest BCUT2D eigenvalue weighted by atomic mass is 10.0. The highest BCUT2D eigenvalue weighted by Crippen LogP contribution is 2.18. The van der Waals surface area contributed by atoms with Gasteiger partial charge in [-0.25, -0.2) is 0 Å². The smallest absolute Gasteiger partial charge is 0.306 e. The first-order valence-electron chi connectivity index (χ1n) is 33.4. The largest absolute Gasteiger partial charge is 0.545 e. The summed E-state index contributed by atoms with van der Waals surface area (Å²) in [5.41, 5.74) is 0. The number of nitrogens with zero attached hydrogens (tertiary/aromatic N) is 1. The van der Waals surface area contributed by atoms with E-state index in [0.717, 1.165) is 70.6 Å². The fourth-order valence-electron chi connectivity index (χ4n) is 9.64. The molecule has 0 heterocycles. The molecule has 0 saturated heterocycles. The van der Waals surface area contributed by atoms with E-state index in [0.29, 0.717) is 23.9 Å². The molecule has 0 aromatic rings. The van der Waals surface area contributed by atoms with Gasteiger partial charge in [0, 0.05) is 12.8 Å². The van der Waals surface area contributed by atoms with Gasteiger partial charge in [-0.1, -0.05) is 280 Å². The number of hydrogen-bond acceptors (Lipinski definition) is 8. The van der Waals surface area contributed by atoms with Crippen molar-refractivity contribution in [2.75, 3.05) is 47.5 Å². The van der Waals surface area contributed by atoms with Crippen LogP contribution >= 0.6 is 0 Å². The number of quaternary nitrogens is 1. The second kappa shape index (κ2) is 61.1. The molecule has 2 unspecified atom stereocenters. The van der Waals surface area contributed by atoms with Crippen LogP contribution in [0.15, 0.2) is 60.8 Å². The minimum atomic E-state index is -1.63. The standard InChI is InChI=1S/C70H127NO8/c1-6-8-10-12-14-16-18-20-22-24-26-28-29-30-31-32-33-34-35-36-37-38-39-41-42-44-46-48-50-52-54-56-58-60-67(72)77-64-66(65-78-70(69(74)75)76-63-62-71(3,4)5)79-68(73)61-59-57-55-53-51-49-47-45-43-40-27-25-23-21-19-17-15-13-11-9-7-2/h9,11,15,17,21,23-24,26-27,40,66,70H,6-8,10,12-14,16,18-20,22,25,28-39,41-65H2,1-5H3/b11-9-,17-15-,23-21-,26-24-,40-27-. The van der Waals surface area contributed by atoms with Crippen LogP contribution in [-0.2, 0) is 33.3 Å². The van der Waals surface area contributed by atoms with Gasteiger partial charge in [-0.3, -0.25) is 9.59 Å². The third-order valence-corrected chi connectivity index (χ3v) is 14.7. The van der Waals surface area contributed by atoms with Gasteiger partial charge < -0.3 is 33.3 Å². The number of carbonyl (C=O) groups is 3. The van der Waals surface area contributed by atoms with Crippen molar-refractivity contribution >= 4 is 17.9 Å². The van der Waals surface area contributed by atoms with Gasteiger partial charge in [0.2, 0.25) is 0 Å². The number of rotatable bonds is 62. The molecule has 0 aromatic carbocycles. The minimum Gasteiger partial charge on any atom is -0.545 e. The maximum absolute atomic E-state index is 12.9. The number of carboxylic acids is 1. The SMILES string of the molecule is CC/C=C\C/C=C\C/C=C\C/C=C\CCCCCCCCCCC(=O)OC(COC(=O)CCCCCCCCCCCCCCCCCCCCCCC/C=C\CCCCCCCCCC)COC(OCC[N+](C)(C)C)C(=O)[O-]. The van der Waals surface area contributed by atoms with Crippen molar-refractivity contribution in [3.05, 3.63) is 60.8 Å². The lowest BCUT2D eigenvalue weighted by molar-refractivity contribution is -0.870. The van der Waals surface area contributed by atoms with E-state index < -0.39 is 24.3 Å². The van der Waals surface area contributed by atoms with Gasteiger partial charge in [-0.2, -0.15) is 0 Å². The molecule has 0 saturated carbocycles. The van der Waals surface area contributed by atoms with Crippen molar-refractivity contribution in [3.8, 4) is 0 Å². The Bertz CT molecular complexity index is 1480. The van der Waals surface area contributed by atoms with Crippen LogP contribution in [0.1, 0.15) is 309 Å². The van der Waals surface area contributed by atoms with Gasteiger partial charge >= 0.3 is 11.9 Å². The Balaban J connectivity index is 4.07. The van der Waals surface area contributed by atoms with Crippen LogP contribution in [0.25, 0.3) is 0 Å². The molecule has 0 amide bonds. The fraction of sp³-hybridized carbons (Fsp3) is 0.814. The normalized spacial score (nSPS) is 13.1. The Hall–Kier alpha value is -3.01. The number of carbonyl (C=O) groups excluding carboxylic acids is 3. The number of unbranched alkanes of at least 4 members (excludes halogenated alkanes) is 37. The molecule has 0 aliphatic rings. The molecule has 0 aliphatic carbocycles. The molecule has 9 nitrogen and oxygen atoms in total. The molecule has 79 heavy (non-hydrogen) atoms. The summed E-state index contributed by atoms with van der Waals surface area (Å²) in [5, 5.41) is 11.8. The van der Waals surface area contributed by atoms with Crippen LogP contribution in [0.3, 0.4) is 0 Å². The van der Waals surface area contributed by atoms with Crippen LogP contribution in [-0.4, -0.2) is 82.3 Å². The van der Waals surface area contributed by atoms with Crippen molar-refractivity contribution in [2.45, 2.75) is 322 Å². The van der Waals surface area contributed by atoms with Gasteiger partial charge in [0.05, 0.1) is 40.3 Å². The van der Waals surface area contributed by atoms with Gasteiger partial charge in [0.1, 0.15) is 13.2 Å². The van der Waals surface area contributed by atoms with Gasteiger partial charge in [0.15, 0.2) is 12.4 Å². The quantitative estimate of drug-likeness (QED) is 0.0195. The van der Waals surface area contributed by atoms with E-state index in [1.165, 1.54) is 205 Å². The molecule has 0 spiro atoms. The van der Waals surface area contributed by atoms with Crippen molar-refractivity contribution in [1.82, 2.24) is 0 Å². The first kappa shape index (κ1) is 76.0. The molecule has 0 aromatic heterocycles. The summed E-state index contributed by atoms with van der Waals surface area (Å²) < 4.78 is 22.8. The number of aliphatic carboxylic acids is 1. The second-order valence-corrected chi connectivity index (χ2v) is 23.7. The van der Waals surface area contributed by atoms with Gasteiger partial charge in [0.25, 0.3) is 0 Å². The fourth-order valence-corrected chi connectivity index (χ4v) is 9.64. The molecule has 0 aliphatic heterocycles. The van der Waals surface area contributed by atoms with E-state index in [4.69, 9.17) is 18.9 Å². The monoisotopic (exact) mass is 1110 g/mol. The van der Waals surface area contributed by atoms with Crippen LogP contribution in [0.4, 0.5) is 0 Å². The summed E-state index contributed by atoms with van der Waals surface area (Å²) in [6.07, 6.45) is 75.9. The highest BCUT2D eigenvalue weighted by atomic mass is 16.7. The average molecular weight is 1110 g/mol. The van der Waals surface area contributed by atoms with Gasteiger partial charge in [-0.05, 0) is 77.0 Å². The summed E-state index contributed by atoms with van der Waals surface area (Å²) >= 11 is 0. The molecule has 460 valence electrons. The number of allylic oxidation sites excluding steroid dienone is 10. The number of likely N-dealkylation sites (N-methyl/N-ethyl adjacent to an activating group) is 1. The molecular formula is C70H127NO8. The zero-order valence-corrected chi connectivity index (χ0v) is 52.5. The van der Waals surface area contributed by atoms with E-state index in [2.05, 4.69) is 74.6 Å². The Morgan fingerprint density at radius 2 is 0.722 bits per heavy atom. The Morgan fingerprint density at radius 1 is 0.392 bits per heavy atom. The summed E-state index contributed by atoms with van der Waals surface area (Å²) in [7, 11) is 5.93. The predicted octanol–water partition coefficient (Wildman–Crippen LogP) is 19.0. The number of carboxylic acid groups (broad SMARTS) is 1. The third-order valence-electron chi connectivity index (χ3n) is 14.7. The Labute approximate surface area is 488 Å². The first-order valence-corrected chi connectivity index (χ1v) is 33.4. The predicted molar refractivity (Wildman–Crippen MR) is 334 cm³/mol. The summed E-state index contributed by atoms with van der Waals surface area (Å²) in [6, 6.07) is 0. The second-order valence-electron chi connectivity index (χ2n) is 23.7. The maximum Gasteiger partial charge on any atom is 0.306 e. The lowest BCUT2D eigenvalue weighted by Gasteiger charge is -2.26. The van der Waals surface area contributed by atoms with Crippen LogP contribution in [0.5, 0.6) is 0 Å². The average Bonchev–Trinajstić information content (AvgIpc) is 3.42. The zero-order valence-electron chi connectivity index (χ0n) is 52.5. The van der Waals surface area contributed by atoms with Gasteiger partial charge in [-0.15, -0.1) is 0 Å². The van der Waals surface area contributed by atoms with E-state index >= 15 is 0 Å². The number of esters is 2. The molecule has 0 fully saturated rings. The molecule has 0 rings (SSSR count). The highest BCUT2D eigenvalue weighted by molar-refractivity contribution is 5.70. The molecule has 0 bridgehead atoms. The van der Waals surface area contributed by atoms with Crippen LogP contribution in [0.2, 0.25) is 0 Å². The van der Waals surface area contributed by atoms with Crippen molar-refractivity contribution in [2.24, 2.45) is 0 Å². The lowest BCUT2D eigenvalue weighted by Crippen LogP contribution is -2.44. The molecule has 9 heteroatoms. The van der Waals surface area contributed by atoms with E-state index in [9.17, 15) is 19.5 Å². The van der Waals surface area contributed by atoms with E-state index in [-0.39, 0.29) is 32.2 Å². The Kier molecular flexibility index (Phi) is 58.7. The van der Waals surface area contributed by atoms with Crippen molar-refractivity contribution in [1.29, 1.82) is 0 Å². The summed E-state index contributed by atoms with van der Waals surface area (Å²) in [6.45, 7) is 4.66. The van der Waals surface area contributed by atoms with Crippen molar-refractivity contribution in [3.63, 3.8) is 0 Å². The Morgan fingerprint density at radius 3 is 1.09 bits per heavy atom. The van der Waals surface area contributed by atoms with Crippen molar-refractivity contribution < 1.29 is 42.9 Å². The van der Waals surface area contributed by atoms with E-state index in [1.54, 1.807) is 0 Å². The summed E-state index contributed by atoms with van der Waals surface area (Å²) in [4.78, 5) is 37.4. The molecule has 0 N–H and O–H groups in total. The first-order chi connectivity index (χ1) is 38.6. The summed E-state index contributed by atoms with van der Waals surface area (Å²) in [5.74, 6) is -2.28. The number of hydrogen-bond donors (Lipinski definition) is 0. The topological polar surface area (TPSA) is 111 Å². The number of ether oxygens (including phenoxy) is 4. The minimum absolute atomic E-state index is 0.145. The third kappa shape index (κ3) is 62.4. The van der Waals surface area contributed by atoms with E-state index in [1.807, 2.05) is 21.1 Å².